The Bertz CT molecular complexity index is 1230. The highest BCUT2D eigenvalue weighted by atomic mass is 16.5. The maximum absolute atomic E-state index is 13.0. The Morgan fingerprint density at radius 2 is 1.79 bits per heavy atom. The number of nitrogens with one attached hydrogen (secondary N) is 1. The Kier molecular flexibility index (Phi) is 6.88. The van der Waals surface area contributed by atoms with Gasteiger partial charge in [-0.15, -0.1) is 0 Å². The Balaban J connectivity index is 1.44. The lowest BCUT2D eigenvalue weighted by atomic mass is 10.2. The fraction of sp³-hybridized carbons (Fsp3) is 0.417. The van der Waals surface area contributed by atoms with Crippen LogP contribution in [0, 0.1) is 0 Å². The van der Waals surface area contributed by atoms with Gasteiger partial charge in [0.2, 0.25) is 0 Å². The highest BCUT2D eigenvalue weighted by molar-refractivity contribution is 5.84. The van der Waals surface area contributed by atoms with Gasteiger partial charge in [-0.3, -0.25) is 14.3 Å². The molecule has 0 aliphatic carbocycles. The predicted molar refractivity (Wildman–Crippen MR) is 131 cm³/mol. The summed E-state index contributed by atoms with van der Waals surface area (Å²) < 4.78 is 12.3. The summed E-state index contributed by atoms with van der Waals surface area (Å²) in [4.78, 5) is 33.0. The van der Waals surface area contributed by atoms with Crippen molar-refractivity contribution in [2.75, 3.05) is 57.1 Å². The smallest absolute Gasteiger partial charge is 0.328 e. The second-order valence-corrected chi connectivity index (χ2v) is 8.17. The van der Waals surface area contributed by atoms with Crippen molar-refractivity contribution in [3.05, 3.63) is 57.2 Å². The first-order chi connectivity index (χ1) is 16.0. The number of anilines is 2. The third-order valence-corrected chi connectivity index (χ3v) is 6.01. The molecule has 1 saturated heterocycles. The van der Waals surface area contributed by atoms with E-state index in [4.69, 9.17) is 15.2 Å². The minimum absolute atomic E-state index is 0.312. The fourth-order valence-corrected chi connectivity index (χ4v) is 4.18. The summed E-state index contributed by atoms with van der Waals surface area (Å²) in [6, 6.07) is 11.2. The van der Waals surface area contributed by atoms with Gasteiger partial charge >= 0.3 is 5.69 Å². The molecular weight excluding hydrogens is 422 g/mol. The Labute approximate surface area is 192 Å². The van der Waals surface area contributed by atoms with Crippen molar-refractivity contribution in [1.29, 1.82) is 0 Å². The van der Waals surface area contributed by atoms with Gasteiger partial charge in [-0.25, -0.2) is 4.79 Å². The van der Waals surface area contributed by atoms with Gasteiger partial charge in [0, 0.05) is 45.3 Å². The van der Waals surface area contributed by atoms with Gasteiger partial charge in [-0.1, -0.05) is 19.1 Å². The fourth-order valence-electron chi connectivity index (χ4n) is 4.18. The van der Waals surface area contributed by atoms with Crippen LogP contribution in [0.1, 0.15) is 13.3 Å². The number of nitrogen functional groups attached to an aromatic ring is 1. The normalized spacial score (nSPS) is 14.5. The average Bonchev–Trinajstić information content (AvgIpc) is 2.83. The molecule has 2 aromatic carbocycles. The molecular formula is C24H31N5O4. The van der Waals surface area contributed by atoms with Crippen LogP contribution in [0.25, 0.3) is 10.9 Å². The number of benzene rings is 2. The predicted octanol–water partition coefficient (Wildman–Crippen LogP) is 1.89. The number of methoxy groups -OCH3 is 1. The average molecular weight is 454 g/mol. The SMILES string of the molecule is CCCOc1cc2[nH]c(=O)n(CCN3CCN(c4ccccc4OC)CC3)c(=O)c2cc1N. The van der Waals surface area contributed by atoms with E-state index in [2.05, 4.69) is 20.9 Å². The van der Waals surface area contributed by atoms with Crippen LogP contribution in [0.5, 0.6) is 11.5 Å². The van der Waals surface area contributed by atoms with Crippen molar-refractivity contribution in [3.63, 3.8) is 0 Å². The Hall–Kier alpha value is -3.46. The standard InChI is InChI=1S/C24H31N5O4/c1-3-14-33-22-16-19-17(15-18(22)25)23(30)29(24(31)26-19)13-10-27-8-11-28(12-9-27)20-6-4-5-7-21(20)32-2/h4-7,15-16H,3,8-14,25H2,1-2H3,(H,26,31). The Morgan fingerprint density at radius 3 is 2.52 bits per heavy atom. The van der Waals surface area contributed by atoms with E-state index in [-0.39, 0.29) is 5.56 Å². The molecule has 9 heteroatoms. The maximum Gasteiger partial charge on any atom is 0.328 e. The van der Waals surface area contributed by atoms with E-state index in [1.165, 1.54) is 4.57 Å². The highest BCUT2D eigenvalue weighted by Gasteiger charge is 2.20. The number of nitrogens with two attached hydrogens (primary N) is 1. The molecule has 9 nitrogen and oxygen atoms in total. The first-order valence-corrected chi connectivity index (χ1v) is 11.3. The van der Waals surface area contributed by atoms with Gasteiger partial charge in [0.15, 0.2) is 0 Å². The van der Waals surface area contributed by atoms with Crippen LogP contribution in [0.15, 0.2) is 46.0 Å². The van der Waals surface area contributed by atoms with Crippen molar-refractivity contribution < 1.29 is 9.47 Å². The molecule has 0 radical (unpaired) electrons. The molecule has 0 spiro atoms. The van der Waals surface area contributed by atoms with Crippen LogP contribution in [0.2, 0.25) is 0 Å². The van der Waals surface area contributed by atoms with Gasteiger partial charge in [0.1, 0.15) is 11.5 Å². The molecule has 4 rings (SSSR count). The van der Waals surface area contributed by atoms with Crippen molar-refractivity contribution >= 4 is 22.3 Å². The number of para-hydroxylation sites is 2. The molecule has 1 aromatic heterocycles. The quantitative estimate of drug-likeness (QED) is 0.502. The number of hydrogen-bond donors (Lipinski definition) is 2. The van der Waals surface area contributed by atoms with E-state index in [0.717, 1.165) is 44.0 Å². The number of piperazine rings is 1. The number of ether oxygens (including phenoxy) is 2. The summed E-state index contributed by atoms with van der Waals surface area (Å²) >= 11 is 0. The zero-order valence-corrected chi connectivity index (χ0v) is 19.2. The summed E-state index contributed by atoms with van der Waals surface area (Å²) in [5, 5.41) is 0.386. The number of H-pyrrole nitrogens is 1. The minimum Gasteiger partial charge on any atom is -0.495 e. The molecule has 176 valence electrons. The Morgan fingerprint density at radius 1 is 1.03 bits per heavy atom. The van der Waals surface area contributed by atoms with Gasteiger partial charge in [0.25, 0.3) is 5.56 Å². The van der Waals surface area contributed by atoms with Crippen molar-refractivity contribution in [3.8, 4) is 11.5 Å². The summed E-state index contributed by atoms with van der Waals surface area (Å²) in [5.41, 5.74) is 7.22. The third-order valence-electron chi connectivity index (χ3n) is 6.01. The molecule has 0 saturated carbocycles. The number of rotatable bonds is 8. The number of fused-ring (bicyclic) bond motifs is 1. The molecule has 1 fully saturated rings. The van der Waals surface area contributed by atoms with Gasteiger partial charge in [-0.05, 0) is 24.6 Å². The molecule has 1 aliphatic heterocycles. The molecule has 3 aromatic rings. The summed E-state index contributed by atoms with van der Waals surface area (Å²) in [6.07, 6.45) is 0.836. The van der Waals surface area contributed by atoms with E-state index in [1.54, 1.807) is 19.2 Å². The minimum atomic E-state index is -0.425. The topological polar surface area (TPSA) is 106 Å². The second-order valence-electron chi connectivity index (χ2n) is 8.17. The van der Waals surface area contributed by atoms with E-state index in [0.29, 0.717) is 42.0 Å². The molecule has 0 bridgehead atoms. The van der Waals surface area contributed by atoms with Crippen molar-refractivity contribution in [1.82, 2.24) is 14.5 Å². The summed E-state index contributed by atoms with van der Waals surface area (Å²) in [7, 11) is 1.68. The molecule has 33 heavy (non-hydrogen) atoms. The molecule has 1 aliphatic rings. The highest BCUT2D eigenvalue weighted by Crippen LogP contribution is 2.28. The van der Waals surface area contributed by atoms with Gasteiger partial charge in [0.05, 0.1) is 36.0 Å². The largest absolute Gasteiger partial charge is 0.495 e. The molecule has 0 unspecified atom stereocenters. The molecule has 3 N–H and O–H groups in total. The molecule has 0 amide bonds. The summed E-state index contributed by atoms with van der Waals surface area (Å²) in [5.74, 6) is 1.34. The van der Waals surface area contributed by atoms with E-state index >= 15 is 0 Å². The van der Waals surface area contributed by atoms with E-state index in [1.807, 2.05) is 25.1 Å². The van der Waals surface area contributed by atoms with Crippen LogP contribution in [-0.4, -0.2) is 60.9 Å². The van der Waals surface area contributed by atoms with Crippen LogP contribution in [-0.2, 0) is 6.54 Å². The van der Waals surface area contributed by atoms with Gasteiger partial charge in [-0.2, -0.15) is 0 Å². The monoisotopic (exact) mass is 453 g/mol. The van der Waals surface area contributed by atoms with Gasteiger partial charge < -0.3 is 25.1 Å². The van der Waals surface area contributed by atoms with Crippen LogP contribution in [0.3, 0.4) is 0 Å². The van der Waals surface area contributed by atoms with Crippen LogP contribution >= 0.6 is 0 Å². The lowest BCUT2D eigenvalue weighted by molar-refractivity contribution is 0.245. The van der Waals surface area contributed by atoms with E-state index in [9.17, 15) is 9.59 Å². The number of aromatic nitrogens is 2. The summed E-state index contributed by atoms with van der Waals surface area (Å²) in [6.45, 7) is 6.80. The zero-order chi connectivity index (χ0) is 23.4. The first-order valence-electron chi connectivity index (χ1n) is 11.3. The van der Waals surface area contributed by atoms with Crippen molar-refractivity contribution in [2.24, 2.45) is 0 Å². The lowest BCUT2D eigenvalue weighted by Crippen LogP contribution is -2.48. The molecule has 0 atom stereocenters. The van der Waals surface area contributed by atoms with Crippen LogP contribution < -0.4 is 31.4 Å². The van der Waals surface area contributed by atoms with E-state index < -0.39 is 5.69 Å². The maximum atomic E-state index is 13.0. The third kappa shape index (κ3) is 4.83. The number of hydrogen-bond acceptors (Lipinski definition) is 7. The zero-order valence-electron chi connectivity index (χ0n) is 19.2. The lowest BCUT2D eigenvalue weighted by Gasteiger charge is -2.36. The van der Waals surface area contributed by atoms with Crippen LogP contribution in [0.4, 0.5) is 11.4 Å². The second kappa shape index (κ2) is 9.99. The van der Waals surface area contributed by atoms with Crippen molar-refractivity contribution in [2.45, 2.75) is 19.9 Å². The molecule has 2 heterocycles. The number of aromatic amines is 1. The first kappa shape index (κ1) is 22.7. The number of nitrogens with zero attached hydrogens (tertiary/aromatic N) is 3.